The average molecular weight is 309 g/mol. The molecule has 2 rings (SSSR count). The molecule has 1 aromatic heterocycles. The van der Waals surface area contributed by atoms with Gasteiger partial charge in [-0.2, -0.15) is 0 Å². The van der Waals surface area contributed by atoms with Crippen molar-refractivity contribution in [3.63, 3.8) is 0 Å². The quantitative estimate of drug-likeness (QED) is 0.656. The highest BCUT2D eigenvalue weighted by Gasteiger charge is 2.15. The van der Waals surface area contributed by atoms with Crippen molar-refractivity contribution in [1.82, 2.24) is 4.98 Å². The van der Waals surface area contributed by atoms with Crippen LogP contribution >= 0.6 is 11.3 Å². The van der Waals surface area contributed by atoms with Crippen LogP contribution in [0.5, 0.6) is 0 Å². The first-order valence-corrected chi connectivity index (χ1v) is 7.24. The molecule has 0 saturated heterocycles. The first-order valence-electron chi connectivity index (χ1n) is 6.42. The lowest BCUT2D eigenvalue weighted by Gasteiger charge is -2.11. The molecule has 7 heteroatoms. The minimum absolute atomic E-state index is 0.0603. The van der Waals surface area contributed by atoms with Crippen LogP contribution in [0, 0.1) is 12.7 Å². The van der Waals surface area contributed by atoms with Gasteiger partial charge in [0.25, 0.3) is 0 Å². The number of thiazole rings is 1. The summed E-state index contributed by atoms with van der Waals surface area (Å²) in [5.41, 5.74) is 6.08. The van der Waals surface area contributed by atoms with Gasteiger partial charge in [0.1, 0.15) is 5.82 Å². The standard InChI is InChI=1S/C14H16FN3O2S/c1-3-20-14(19)10-4-13(11(15)5-12(10)16)18-7-9-6-17-8(2)21-9/h4-6,18H,3,7,16H2,1-2H3. The second kappa shape index (κ2) is 6.53. The van der Waals surface area contributed by atoms with Crippen molar-refractivity contribution < 1.29 is 13.9 Å². The predicted octanol–water partition coefficient (Wildman–Crippen LogP) is 2.96. The van der Waals surface area contributed by atoms with Gasteiger partial charge < -0.3 is 15.8 Å². The normalized spacial score (nSPS) is 10.4. The monoisotopic (exact) mass is 309 g/mol. The van der Waals surface area contributed by atoms with Crippen LogP contribution in [0.2, 0.25) is 0 Å². The lowest BCUT2D eigenvalue weighted by atomic mass is 10.1. The van der Waals surface area contributed by atoms with E-state index >= 15 is 0 Å². The Kier molecular flexibility index (Phi) is 4.74. The number of ether oxygens (including phenoxy) is 1. The fourth-order valence-electron chi connectivity index (χ4n) is 1.78. The molecule has 0 atom stereocenters. The van der Waals surface area contributed by atoms with Crippen LogP contribution in [-0.2, 0) is 11.3 Å². The molecule has 0 radical (unpaired) electrons. The molecular weight excluding hydrogens is 293 g/mol. The van der Waals surface area contributed by atoms with Gasteiger partial charge in [0.2, 0.25) is 0 Å². The van der Waals surface area contributed by atoms with Gasteiger partial charge in [-0.05, 0) is 26.0 Å². The SMILES string of the molecule is CCOC(=O)c1cc(NCc2cnc(C)s2)c(F)cc1N. The maximum Gasteiger partial charge on any atom is 0.340 e. The van der Waals surface area contributed by atoms with Gasteiger partial charge >= 0.3 is 5.97 Å². The molecule has 3 N–H and O–H groups in total. The molecule has 1 heterocycles. The molecule has 0 aliphatic heterocycles. The summed E-state index contributed by atoms with van der Waals surface area (Å²) in [5, 5.41) is 3.88. The average Bonchev–Trinajstić information content (AvgIpc) is 2.83. The van der Waals surface area contributed by atoms with E-state index in [9.17, 15) is 9.18 Å². The Morgan fingerprint density at radius 1 is 1.52 bits per heavy atom. The van der Waals surface area contributed by atoms with Crippen molar-refractivity contribution >= 4 is 28.7 Å². The van der Waals surface area contributed by atoms with E-state index in [1.165, 1.54) is 17.4 Å². The Morgan fingerprint density at radius 2 is 2.29 bits per heavy atom. The number of nitrogen functional groups attached to an aromatic ring is 1. The van der Waals surface area contributed by atoms with Crippen LogP contribution in [0.1, 0.15) is 27.2 Å². The van der Waals surface area contributed by atoms with E-state index in [2.05, 4.69) is 10.3 Å². The Morgan fingerprint density at radius 3 is 2.90 bits per heavy atom. The molecule has 0 bridgehead atoms. The van der Waals surface area contributed by atoms with Crippen LogP contribution in [0.4, 0.5) is 15.8 Å². The zero-order valence-corrected chi connectivity index (χ0v) is 12.6. The summed E-state index contributed by atoms with van der Waals surface area (Å²) in [6.07, 6.45) is 1.73. The molecule has 0 fully saturated rings. The lowest BCUT2D eigenvalue weighted by Crippen LogP contribution is -2.10. The molecular formula is C14H16FN3O2S. The van der Waals surface area contributed by atoms with E-state index in [4.69, 9.17) is 10.5 Å². The van der Waals surface area contributed by atoms with E-state index in [-0.39, 0.29) is 23.5 Å². The van der Waals surface area contributed by atoms with Gasteiger partial charge in [0.05, 0.1) is 29.4 Å². The van der Waals surface area contributed by atoms with Crippen molar-refractivity contribution in [3.8, 4) is 0 Å². The van der Waals surface area contributed by atoms with Gasteiger partial charge in [-0.1, -0.05) is 0 Å². The predicted molar refractivity (Wildman–Crippen MR) is 80.9 cm³/mol. The van der Waals surface area contributed by atoms with Gasteiger partial charge in [-0.15, -0.1) is 11.3 Å². The highest BCUT2D eigenvalue weighted by atomic mass is 32.1. The van der Waals surface area contributed by atoms with Crippen molar-refractivity contribution in [2.45, 2.75) is 20.4 Å². The molecule has 0 amide bonds. The molecule has 0 unspecified atom stereocenters. The van der Waals surface area contributed by atoms with E-state index < -0.39 is 11.8 Å². The topological polar surface area (TPSA) is 77.2 Å². The highest BCUT2D eigenvalue weighted by molar-refractivity contribution is 7.11. The summed E-state index contributed by atoms with van der Waals surface area (Å²) in [5.74, 6) is -1.08. The summed E-state index contributed by atoms with van der Waals surface area (Å²) >= 11 is 1.52. The Hall–Kier alpha value is -2.15. The fraction of sp³-hybridized carbons (Fsp3) is 0.286. The number of nitrogens with one attached hydrogen (secondary N) is 1. The number of carbonyl (C=O) groups is 1. The third kappa shape index (κ3) is 3.69. The molecule has 21 heavy (non-hydrogen) atoms. The molecule has 1 aromatic carbocycles. The van der Waals surface area contributed by atoms with Gasteiger partial charge in [0.15, 0.2) is 0 Å². The van der Waals surface area contributed by atoms with Crippen LogP contribution in [0.15, 0.2) is 18.3 Å². The maximum absolute atomic E-state index is 13.9. The first-order chi connectivity index (χ1) is 10.0. The minimum Gasteiger partial charge on any atom is -0.462 e. The van der Waals surface area contributed by atoms with Crippen LogP contribution in [0.3, 0.4) is 0 Å². The largest absolute Gasteiger partial charge is 0.462 e. The summed E-state index contributed by atoms with van der Waals surface area (Å²) in [4.78, 5) is 16.8. The lowest BCUT2D eigenvalue weighted by molar-refractivity contribution is 0.0527. The van der Waals surface area contributed by atoms with Crippen LogP contribution < -0.4 is 11.1 Å². The third-order valence-electron chi connectivity index (χ3n) is 2.76. The van der Waals surface area contributed by atoms with Crippen molar-refractivity contribution in [2.24, 2.45) is 0 Å². The number of aromatic nitrogens is 1. The van der Waals surface area contributed by atoms with E-state index in [1.807, 2.05) is 6.92 Å². The van der Waals surface area contributed by atoms with E-state index in [0.717, 1.165) is 16.0 Å². The Balaban J connectivity index is 2.18. The number of hydrogen-bond acceptors (Lipinski definition) is 6. The second-order valence-electron chi connectivity index (χ2n) is 4.34. The minimum atomic E-state index is -0.563. The second-order valence-corrected chi connectivity index (χ2v) is 5.66. The third-order valence-corrected chi connectivity index (χ3v) is 3.67. The smallest absolute Gasteiger partial charge is 0.340 e. The maximum atomic E-state index is 13.9. The van der Waals surface area contributed by atoms with Crippen LogP contribution in [-0.4, -0.2) is 17.6 Å². The van der Waals surface area contributed by atoms with Gasteiger partial charge in [0, 0.05) is 16.8 Å². The fourth-order valence-corrected chi connectivity index (χ4v) is 2.51. The zero-order valence-electron chi connectivity index (χ0n) is 11.8. The Labute approximate surface area is 126 Å². The summed E-state index contributed by atoms with van der Waals surface area (Å²) < 4.78 is 18.8. The number of carbonyl (C=O) groups excluding carboxylic acids is 1. The van der Waals surface area contributed by atoms with Crippen LogP contribution in [0.25, 0.3) is 0 Å². The van der Waals surface area contributed by atoms with Crippen molar-refractivity contribution in [3.05, 3.63) is 39.6 Å². The molecule has 0 spiro atoms. The van der Waals surface area contributed by atoms with Gasteiger partial charge in [-0.25, -0.2) is 14.2 Å². The molecule has 5 nitrogen and oxygen atoms in total. The van der Waals surface area contributed by atoms with Gasteiger partial charge in [-0.3, -0.25) is 0 Å². The number of hydrogen-bond donors (Lipinski definition) is 2. The summed E-state index contributed by atoms with van der Waals surface area (Å²) in [6.45, 7) is 4.26. The zero-order chi connectivity index (χ0) is 15.4. The number of nitrogens with two attached hydrogens (primary N) is 1. The van der Waals surface area contributed by atoms with E-state index in [1.54, 1.807) is 13.1 Å². The number of nitrogens with zero attached hydrogens (tertiary/aromatic N) is 1. The number of benzene rings is 1. The number of aryl methyl sites for hydroxylation is 1. The number of anilines is 2. The molecule has 2 aromatic rings. The molecule has 112 valence electrons. The summed E-state index contributed by atoms with van der Waals surface area (Å²) in [7, 11) is 0. The number of esters is 1. The summed E-state index contributed by atoms with van der Waals surface area (Å²) in [6, 6.07) is 2.49. The van der Waals surface area contributed by atoms with E-state index in [0.29, 0.717) is 6.54 Å². The van der Waals surface area contributed by atoms with Crippen molar-refractivity contribution in [1.29, 1.82) is 0 Å². The molecule has 0 aliphatic rings. The number of halogens is 1. The Bertz CT molecular complexity index is 658. The molecule has 0 aliphatic carbocycles. The highest BCUT2D eigenvalue weighted by Crippen LogP contribution is 2.24. The van der Waals surface area contributed by atoms with Crippen molar-refractivity contribution in [2.75, 3.05) is 17.7 Å². The number of rotatable bonds is 5. The molecule has 0 saturated carbocycles. The first kappa shape index (κ1) is 15.2.